The molecule has 0 aromatic heterocycles. The van der Waals surface area contributed by atoms with Crippen LogP contribution in [-0.4, -0.2) is 37.6 Å². The van der Waals surface area contributed by atoms with Gasteiger partial charge in [0.1, 0.15) is 0 Å². The fraction of sp³-hybridized carbons (Fsp3) is 1.00. The second kappa shape index (κ2) is 5.71. The Hall–Kier alpha value is -0.0800. The molecule has 3 aliphatic rings. The summed E-state index contributed by atoms with van der Waals surface area (Å²) in [4.78, 5) is 2.60. The van der Waals surface area contributed by atoms with Gasteiger partial charge in [-0.05, 0) is 75.9 Å². The Morgan fingerprint density at radius 1 is 1.00 bits per heavy atom. The van der Waals surface area contributed by atoms with Crippen molar-refractivity contribution in [2.45, 2.75) is 44.9 Å². The Morgan fingerprint density at radius 2 is 1.88 bits per heavy atom. The molecule has 2 saturated carbocycles. The molecule has 3 unspecified atom stereocenters. The van der Waals surface area contributed by atoms with Gasteiger partial charge in [-0.1, -0.05) is 6.42 Å². The quantitative estimate of drug-likeness (QED) is 0.713. The van der Waals surface area contributed by atoms with Crippen LogP contribution >= 0.6 is 0 Å². The minimum Gasteiger partial charge on any atom is -0.315 e. The second-order valence-electron chi connectivity index (χ2n) is 6.52. The summed E-state index contributed by atoms with van der Waals surface area (Å²) in [6, 6.07) is 0. The lowest BCUT2D eigenvalue weighted by Crippen LogP contribution is -2.31. The predicted octanol–water partition coefficient (Wildman–Crippen LogP) is 2.50. The highest BCUT2D eigenvalue weighted by molar-refractivity contribution is 4.89. The molecular weight excluding hydrogens is 208 g/mol. The van der Waals surface area contributed by atoms with Crippen LogP contribution in [0.25, 0.3) is 0 Å². The van der Waals surface area contributed by atoms with Crippen molar-refractivity contribution >= 4 is 0 Å². The summed E-state index contributed by atoms with van der Waals surface area (Å²) < 4.78 is 0. The molecule has 98 valence electrons. The van der Waals surface area contributed by atoms with Crippen LogP contribution in [0.15, 0.2) is 0 Å². The van der Waals surface area contributed by atoms with Crippen molar-refractivity contribution in [3.63, 3.8) is 0 Å². The van der Waals surface area contributed by atoms with Gasteiger partial charge in [-0.25, -0.2) is 0 Å². The molecule has 0 amide bonds. The average molecular weight is 236 g/mol. The number of rotatable bonds is 6. The molecule has 2 bridgehead atoms. The molecular formula is C15H28N2. The summed E-state index contributed by atoms with van der Waals surface area (Å²) in [7, 11) is 0. The maximum absolute atomic E-state index is 3.66. The number of hydrogen-bond donors (Lipinski definition) is 1. The van der Waals surface area contributed by atoms with E-state index in [0.29, 0.717) is 0 Å². The highest BCUT2D eigenvalue weighted by atomic mass is 15.1. The Kier molecular flexibility index (Phi) is 4.02. The Morgan fingerprint density at radius 3 is 2.59 bits per heavy atom. The molecule has 1 saturated heterocycles. The van der Waals surface area contributed by atoms with Gasteiger partial charge < -0.3 is 10.2 Å². The monoisotopic (exact) mass is 236 g/mol. The molecule has 0 radical (unpaired) electrons. The maximum Gasteiger partial charge on any atom is 0.0107 e. The lowest BCUT2D eigenvalue weighted by atomic mass is 9.86. The molecule has 1 aliphatic heterocycles. The van der Waals surface area contributed by atoms with Crippen LogP contribution in [0.3, 0.4) is 0 Å². The summed E-state index contributed by atoms with van der Waals surface area (Å²) in [5, 5.41) is 3.66. The largest absolute Gasteiger partial charge is 0.315 e. The summed E-state index contributed by atoms with van der Waals surface area (Å²) in [6.07, 6.45) is 10.5. The van der Waals surface area contributed by atoms with Gasteiger partial charge in [0, 0.05) is 13.1 Å². The fourth-order valence-corrected chi connectivity index (χ4v) is 4.39. The molecule has 2 aliphatic carbocycles. The second-order valence-corrected chi connectivity index (χ2v) is 6.52. The van der Waals surface area contributed by atoms with E-state index in [1.165, 1.54) is 52.0 Å². The number of nitrogens with one attached hydrogen (secondary N) is 1. The molecule has 2 heteroatoms. The zero-order chi connectivity index (χ0) is 11.5. The first-order chi connectivity index (χ1) is 8.42. The lowest BCUT2D eigenvalue weighted by molar-refractivity contribution is 0.301. The zero-order valence-electron chi connectivity index (χ0n) is 11.2. The van der Waals surface area contributed by atoms with Crippen LogP contribution in [0.1, 0.15) is 44.9 Å². The van der Waals surface area contributed by atoms with Gasteiger partial charge in [-0.3, -0.25) is 0 Å². The van der Waals surface area contributed by atoms with Gasteiger partial charge in [0.15, 0.2) is 0 Å². The van der Waals surface area contributed by atoms with Crippen LogP contribution in [0.5, 0.6) is 0 Å². The first-order valence-electron chi connectivity index (χ1n) is 7.85. The summed E-state index contributed by atoms with van der Waals surface area (Å²) in [6.45, 7) is 6.43. The Bertz CT molecular complexity index is 235. The Labute approximate surface area is 106 Å². The zero-order valence-corrected chi connectivity index (χ0v) is 11.2. The SMILES string of the molecule is C1CCN(CCNCCC2CC3CCC2C3)C1. The fourth-order valence-electron chi connectivity index (χ4n) is 4.39. The van der Waals surface area contributed by atoms with E-state index in [1.54, 1.807) is 25.7 Å². The number of nitrogens with zero attached hydrogens (tertiary/aromatic N) is 1. The summed E-state index contributed by atoms with van der Waals surface area (Å²) in [5.74, 6) is 3.31. The molecule has 1 N–H and O–H groups in total. The van der Waals surface area contributed by atoms with Gasteiger partial charge >= 0.3 is 0 Å². The van der Waals surface area contributed by atoms with E-state index in [0.717, 1.165) is 17.8 Å². The van der Waals surface area contributed by atoms with Gasteiger partial charge in [0.25, 0.3) is 0 Å². The van der Waals surface area contributed by atoms with Crippen molar-refractivity contribution < 1.29 is 0 Å². The molecule has 17 heavy (non-hydrogen) atoms. The van der Waals surface area contributed by atoms with Gasteiger partial charge in [-0.2, -0.15) is 0 Å². The van der Waals surface area contributed by atoms with E-state index < -0.39 is 0 Å². The molecule has 0 spiro atoms. The van der Waals surface area contributed by atoms with Gasteiger partial charge in [0.2, 0.25) is 0 Å². The van der Waals surface area contributed by atoms with Crippen LogP contribution in [0.4, 0.5) is 0 Å². The Balaban J connectivity index is 1.23. The minimum absolute atomic E-state index is 1.08. The van der Waals surface area contributed by atoms with E-state index in [2.05, 4.69) is 10.2 Å². The van der Waals surface area contributed by atoms with E-state index in [4.69, 9.17) is 0 Å². The smallest absolute Gasteiger partial charge is 0.0107 e. The van der Waals surface area contributed by atoms with E-state index in [1.807, 2.05) is 0 Å². The lowest BCUT2D eigenvalue weighted by Gasteiger charge is -2.22. The van der Waals surface area contributed by atoms with Gasteiger partial charge in [0.05, 0.1) is 0 Å². The molecule has 0 aromatic rings. The molecule has 1 heterocycles. The first kappa shape index (κ1) is 12.0. The van der Waals surface area contributed by atoms with Crippen molar-refractivity contribution in [3.8, 4) is 0 Å². The molecule has 3 atom stereocenters. The van der Waals surface area contributed by atoms with Crippen LogP contribution < -0.4 is 5.32 Å². The third kappa shape index (κ3) is 3.03. The van der Waals surface area contributed by atoms with E-state index in [9.17, 15) is 0 Å². The first-order valence-corrected chi connectivity index (χ1v) is 7.85. The van der Waals surface area contributed by atoms with Crippen molar-refractivity contribution in [1.82, 2.24) is 10.2 Å². The molecule has 2 nitrogen and oxygen atoms in total. The average Bonchev–Trinajstić information content (AvgIpc) is 3.05. The number of likely N-dealkylation sites (tertiary alicyclic amines) is 1. The van der Waals surface area contributed by atoms with Crippen molar-refractivity contribution in [2.75, 3.05) is 32.7 Å². The summed E-state index contributed by atoms with van der Waals surface area (Å²) >= 11 is 0. The normalized spacial score (nSPS) is 37.1. The van der Waals surface area contributed by atoms with Crippen LogP contribution in [0.2, 0.25) is 0 Å². The van der Waals surface area contributed by atoms with Crippen molar-refractivity contribution in [1.29, 1.82) is 0 Å². The summed E-state index contributed by atoms with van der Waals surface area (Å²) in [5.41, 5.74) is 0. The molecule has 3 fully saturated rings. The predicted molar refractivity (Wildman–Crippen MR) is 72.1 cm³/mol. The third-order valence-electron chi connectivity index (χ3n) is 5.38. The van der Waals surface area contributed by atoms with Gasteiger partial charge in [-0.15, -0.1) is 0 Å². The van der Waals surface area contributed by atoms with Crippen LogP contribution in [-0.2, 0) is 0 Å². The van der Waals surface area contributed by atoms with Crippen LogP contribution in [0, 0.1) is 17.8 Å². The number of hydrogen-bond acceptors (Lipinski definition) is 2. The molecule has 0 aromatic carbocycles. The third-order valence-corrected chi connectivity index (χ3v) is 5.38. The topological polar surface area (TPSA) is 15.3 Å². The highest BCUT2D eigenvalue weighted by Gasteiger charge is 2.38. The maximum atomic E-state index is 3.66. The van der Waals surface area contributed by atoms with Crippen molar-refractivity contribution in [2.24, 2.45) is 17.8 Å². The van der Waals surface area contributed by atoms with E-state index in [-0.39, 0.29) is 0 Å². The number of fused-ring (bicyclic) bond motifs is 2. The molecule has 3 rings (SSSR count). The van der Waals surface area contributed by atoms with E-state index >= 15 is 0 Å². The standard InChI is InChI=1S/C15H28N2/c1-2-9-17(8-1)10-7-16-6-5-15-12-13-3-4-14(15)11-13/h13-16H,1-12H2. The highest BCUT2D eigenvalue weighted by Crippen LogP contribution is 2.49. The van der Waals surface area contributed by atoms with Crippen molar-refractivity contribution in [3.05, 3.63) is 0 Å². The minimum atomic E-state index is 1.08.